The summed E-state index contributed by atoms with van der Waals surface area (Å²) >= 11 is 0. The first-order valence-electron chi connectivity index (χ1n) is 8.17. The predicted octanol–water partition coefficient (Wildman–Crippen LogP) is 2.23. The van der Waals surface area contributed by atoms with Crippen LogP contribution in [-0.2, 0) is 20.0 Å². The highest BCUT2D eigenvalue weighted by Crippen LogP contribution is 2.26. The van der Waals surface area contributed by atoms with Crippen LogP contribution in [0.4, 0.5) is 11.4 Å². The maximum absolute atomic E-state index is 12.8. The highest BCUT2D eigenvalue weighted by molar-refractivity contribution is 5.99. The van der Waals surface area contributed by atoms with Gasteiger partial charge in [-0.05, 0) is 6.07 Å². The molecule has 0 aliphatic carbocycles. The van der Waals surface area contributed by atoms with Crippen molar-refractivity contribution >= 4 is 17.3 Å². The van der Waals surface area contributed by atoms with Crippen LogP contribution < -0.4 is 5.73 Å². The lowest BCUT2D eigenvalue weighted by molar-refractivity contribution is -0.384. The van der Waals surface area contributed by atoms with Gasteiger partial charge in [-0.2, -0.15) is 0 Å². The third-order valence-electron chi connectivity index (χ3n) is 4.57. The SMILES string of the molecule is CC(C)c1nc2c(n1C)CCN(C(=O)c1cc([N+](=O)[O-])ccc1N)C2. The summed E-state index contributed by atoms with van der Waals surface area (Å²) in [6, 6.07) is 3.94. The number of anilines is 1. The minimum Gasteiger partial charge on any atom is -0.398 e. The largest absolute Gasteiger partial charge is 0.398 e. The number of nitrogen functional groups attached to an aromatic ring is 1. The van der Waals surface area contributed by atoms with Crippen molar-refractivity contribution in [3.8, 4) is 0 Å². The topological polar surface area (TPSA) is 107 Å². The highest BCUT2D eigenvalue weighted by atomic mass is 16.6. The standard InChI is InChI=1S/C17H21N5O3/c1-10(2)16-19-14-9-21(7-6-15(14)20(16)3)17(23)12-8-11(22(24)25)4-5-13(12)18/h4-5,8,10H,6-7,9,18H2,1-3H3. The van der Waals surface area contributed by atoms with Crippen molar-refractivity contribution in [1.29, 1.82) is 0 Å². The zero-order chi connectivity index (χ0) is 18.3. The number of nitrogens with two attached hydrogens (primary N) is 1. The van der Waals surface area contributed by atoms with Gasteiger partial charge in [-0.3, -0.25) is 14.9 Å². The quantitative estimate of drug-likeness (QED) is 0.522. The molecular formula is C17H21N5O3. The van der Waals surface area contributed by atoms with E-state index in [4.69, 9.17) is 5.73 Å². The number of aromatic nitrogens is 2. The molecule has 132 valence electrons. The molecule has 1 aliphatic rings. The molecule has 2 aromatic rings. The summed E-state index contributed by atoms with van der Waals surface area (Å²) in [6.07, 6.45) is 0.701. The highest BCUT2D eigenvalue weighted by Gasteiger charge is 2.28. The molecule has 0 saturated carbocycles. The molecule has 0 fully saturated rings. The normalized spacial score (nSPS) is 13.8. The van der Waals surface area contributed by atoms with E-state index in [1.54, 1.807) is 4.90 Å². The molecule has 2 N–H and O–H groups in total. The van der Waals surface area contributed by atoms with Crippen molar-refractivity contribution in [3.05, 3.63) is 51.1 Å². The van der Waals surface area contributed by atoms with Gasteiger partial charge in [-0.25, -0.2) is 4.98 Å². The average Bonchev–Trinajstić information content (AvgIpc) is 2.91. The number of hydrogen-bond donors (Lipinski definition) is 1. The maximum atomic E-state index is 12.8. The number of benzene rings is 1. The molecule has 0 saturated heterocycles. The van der Waals surface area contributed by atoms with Crippen molar-refractivity contribution in [1.82, 2.24) is 14.5 Å². The summed E-state index contributed by atoms with van der Waals surface area (Å²) in [4.78, 5) is 29.6. The van der Waals surface area contributed by atoms with Crippen LogP contribution in [0.25, 0.3) is 0 Å². The fourth-order valence-corrected chi connectivity index (χ4v) is 3.25. The van der Waals surface area contributed by atoms with Crippen LogP contribution in [0, 0.1) is 10.1 Å². The van der Waals surface area contributed by atoms with E-state index in [0.29, 0.717) is 25.4 Å². The van der Waals surface area contributed by atoms with Gasteiger partial charge in [-0.15, -0.1) is 0 Å². The number of imidazole rings is 1. The Labute approximate surface area is 145 Å². The number of amides is 1. The number of nitro groups is 1. The summed E-state index contributed by atoms with van der Waals surface area (Å²) in [5.41, 5.74) is 8.15. The predicted molar refractivity (Wildman–Crippen MR) is 93.3 cm³/mol. The van der Waals surface area contributed by atoms with Crippen LogP contribution in [-0.4, -0.2) is 31.8 Å². The fraction of sp³-hybridized carbons (Fsp3) is 0.412. The number of fused-ring (bicyclic) bond motifs is 1. The Balaban J connectivity index is 1.89. The summed E-state index contributed by atoms with van der Waals surface area (Å²) < 4.78 is 2.10. The van der Waals surface area contributed by atoms with Crippen LogP contribution in [0.2, 0.25) is 0 Å². The Morgan fingerprint density at radius 1 is 1.40 bits per heavy atom. The molecule has 1 aliphatic heterocycles. The molecule has 8 nitrogen and oxygen atoms in total. The van der Waals surface area contributed by atoms with Crippen molar-refractivity contribution < 1.29 is 9.72 Å². The molecule has 1 amide bonds. The lowest BCUT2D eigenvalue weighted by Crippen LogP contribution is -2.36. The molecular weight excluding hydrogens is 322 g/mol. The van der Waals surface area contributed by atoms with Gasteiger partial charge in [0.05, 0.1) is 22.7 Å². The van der Waals surface area contributed by atoms with E-state index in [0.717, 1.165) is 17.2 Å². The molecule has 0 spiro atoms. The smallest absolute Gasteiger partial charge is 0.270 e. The van der Waals surface area contributed by atoms with Crippen LogP contribution >= 0.6 is 0 Å². The summed E-state index contributed by atoms with van der Waals surface area (Å²) in [7, 11) is 2.00. The van der Waals surface area contributed by atoms with Gasteiger partial charge in [0.15, 0.2) is 0 Å². The summed E-state index contributed by atoms with van der Waals surface area (Å²) in [6.45, 7) is 5.09. The van der Waals surface area contributed by atoms with Crippen LogP contribution in [0.15, 0.2) is 18.2 Å². The first kappa shape index (κ1) is 16.9. The number of nitrogens with zero attached hydrogens (tertiary/aromatic N) is 4. The van der Waals surface area contributed by atoms with E-state index < -0.39 is 4.92 Å². The Morgan fingerprint density at radius 3 is 2.76 bits per heavy atom. The van der Waals surface area contributed by atoms with Gasteiger partial charge >= 0.3 is 0 Å². The first-order valence-corrected chi connectivity index (χ1v) is 8.17. The van der Waals surface area contributed by atoms with Crippen LogP contribution in [0.5, 0.6) is 0 Å². The zero-order valence-corrected chi connectivity index (χ0v) is 14.5. The number of nitro benzene ring substituents is 1. The van der Waals surface area contributed by atoms with Gasteiger partial charge in [-0.1, -0.05) is 13.8 Å². The third kappa shape index (κ3) is 2.95. The Morgan fingerprint density at radius 2 is 2.12 bits per heavy atom. The summed E-state index contributed by atoms with van der Waals surface area (Å²) in [5.74, 6) is 0.991. The lowest BCUT2D eigenvalue weighted by atomic mass is 10.1. The molecule has 0 bridgehead atoms. The van der Waals surface area contributed by atoms with E-state index in [2.05, 4.69) is 23.4 Å². The fourth-order valence-electron chi connectivity index (χ4n) is 3.25. The molecule has 2 heterocycles. The average molecular weight is 343 g/mol. The Hall–Kier alpha value is -2.90. The first-order chi connectivity index (χ1) is 11.8. The van der Waals surface area contributed by atoms with Crippen LogP contribution in [0.1, 0.15) is 47.3 Å². The van der Waals surface area contributed by atoms with E-state index in [-0.39, 0.29) is 22.8 Å². The van der Waals surface area contributed by atoms with Crippen molar-refractivity contribution in [2.75, 3.05) is 12.3 Å². The minimum atomic E-state index is -0.530. The monoisotopic (exact) mass is 343 g/mol. The maximum Gasteiger partial charge on any atom is 0.270 e. The number of carbonyl (C=O) groups is 1. The number of hydrogen-bond acceptors (Lipinski definition) is 5. The molecule has 1 aromatic heterocycles. The van der Waals surface area contributed by atoms with Gasteiger partial charge in [0, 0.05) is 49.4 Å². The van der Waals surface area contributed by atoms with Crippen molar-refractivity contribution in [3.63, 3.8) is 0 Å². The van der Waals surface area contributed by atoms with E-state index in [9.17, 15) is 14.9 Å². The number of non-ortho nitro benzene ring substituents is 1. The second-order valence-electron chi connectivity index (χ2n) is 6.58. The van der Waals surface area contributed by atoms with Gasteiger partial charge in [0.2, 0.25) is 0 Å². The van der Waals surface area contributed by atoms with Crippen LogP contribution in [0.3, 0.4) is 0 Å². The van der Waals surface area contributed by atoms with Crippen molar-refractivity contribution in [2.45, 2.75) is 32.7 Å². The third-order valence-corrected chi connectivity index (χ3v) is 4.57. The molecule has 0 unspecified atom stereocenters. The molecule has 1 aromatic carbocycles. The number of carbonyl (C=O) groups excluding carboxylic acids is 1. The number of rotatable bonds is 3. The Kier molecular flexibility index (Phi) is 4.20. The molecule has 0 radical (unpaired) electrons. The van der Waals surface area contributed by atoms with Crippen molar-refractivity contribution in [2.24, 2.45) is 7.05 Å². The minimum absolute atomic E-state index is 0.143. The zero-order valence-electron chi connectivity index (χ0n) is 14.5. The molecule has 0 atom stereocenters. The Bertz CT molecular complexity index is 856. The lowest BCUT2D eigenvalue weighted by Gasteiger charge is -2.27. The molecule has 25 heavy (non-hydrogen) atoms. The second kappa shape index (κ2) is 6.19. The molecule has 8 heteroatoms. The van der Waals surface area contributed by atoms with E-state index in [1.807, 2.05) is 7.05 Å². The van der Waals surface area contributed by atoms with Gasteiger partial charge < -0.3 is 15.2 Å². The molecule has 3 rings (SSSR count). The summed E-state index contributed by atoms with van der Waals surface area (Å²) in [5, 5.41) is 11.0. The second-order valence-corrected chi connectivity index (χ2v) is 6.58. The van der Waals surface area contributed by atoms with Gasteiger partial charge in [0.1, 0.15) is 5.82 Å². The van der Waals surface area contributed by atoms with E-state index in [1.165, 1.54) is 18.2 Å². The van der Waals surface area contributed by atoms with E-state index >= 15 is 0 Å². The van der Waals surface area contributed by atoms with Gasteiger partial charge in [0.25, 0.3) is 11.6 Å².